The fourth-order valence-electron chi connectivity index (χ4n) is 2.93. The minimum atomic E-state index is 0.582. The van der Waals surface area contributed by atoms with Crippen molar-refractivity contribution in [3.8, 4) is 17.4 Å². The molecule has 0 saturated heterocycles. The van der Waals surface area contributed by atoms with Crippen LogP contribution in [0.25, 0.3) is 17.2 Å². The van der Waals surface area contributed by atoms with Crippen LogP contribution in [0.1, 0.15) is 11.1 Å². The molecule has 4 rings (SSSR count). The molecule has 0 aliphatic carbocycles. The van der Waals surface area contributed by atoms with Gasteiger partial charge in [-0.1, -0.05) is 12.1 Å². The van der Waals surface area contributed by atoms with E-state index >= 15 is 0 Å². The van der Waals surface area contributed by atoms with E-state index in [-0.39, 0.29) is 0 Å². The molecule has 3 heterocycles. The summed E-state index contributed by atoms with van der Waals surface area (Å²) in [6, 6.07) is 7.99. The van der Waals surface area contributed by atoms with Gasteiger partial charge in [0.15, 0.2) is 11.6 Å². The number of anilines is 1. The van der Waals surface area contributed by atoms with Crippen molar-refractivity contribution < 1.29 is 4.74 Å². The summed E-state index contributed by atoms with van der Waals surface area (Å²) >= 11 is 2.32. The smallest absolute Gasteiger partial charge is 0.218 e. The lowest BCUT2D eigenvalue weighted by Crippen LogP contribution is -2.08. The predicted molar refractivity (Wildman–Crippen MR) is 113 cm³/mol. The fraction of sp³-hybridized carbons (Fsp3) is 0.211. The van der Waals surface area contributed by atoms with Gasteiger partial charge in [0.05, 0.1) is 7.11 Å². The van der Waals surface area contributed by atoms with Crippen LogP contribution >= 0.6 is 22.6 Å². The van der Waals surface area contributed by atoms with Crippen molar-refractivity contribution in [2.24, 2.45) is 7.05 Å². The second kappa shape index (κ2) is 7.18. The lowest BCUT2D eigenvalue weighted by molar-refractivity contribution is 0.414. The topological polar surface area (TPSA) is 69.3 Å². The van der Waals surface area contributed by atoms with E-state index < -0.39 is 0 Å². The zero-order valence-electron chi connectivity index (χ0n) is 15.3. The number of imidazole rings is 1. The van der Waals surface area contributed by atoms with Crippen LogP contribution < -0.4 is 10.1 Å². The molecule has 3 aromatic heterocycles. The van der Waals surface area contributed by atoms with E-state index in [2.05, 4.69) is 44.9 Å². The van der Waals surface area contributed by atoms with Gasteiger partial charge in [-0.25, -0.2) is 14.5 Å². The molecule has 0 aliphatic rings. The van der Waals surface area contributed by atoms with Crippen LogP contribution in [-0.4, -0.2) is 31.3 Å². The van der Waals surface area contributed by atoms with Crippen LogP contribution in [0.4, 0.5) is 5.82 Å². The van der Waals surface area contributed by atoms with Gasteiger partial charge in [0.1, 0.15) is 11.3 Å². The van der Waals surface area contributed by atoms with Crippen LogP contribution in [0.15, 0.2) is 42.9 Å². The number of hydrogen-bond donors (Lipinski definition) is 1. The molecule has 8 heteroatoms. The van der Waals surface area contributed by atoms with Crippen molar-refractivity contribution >= 4 is 33.9 Å². The highest BCUT2D eigenvalue weighted by molar-refractivity contribution is 14.1. The highest BCUT2D eigenvalue weighted by atomic mass is 127. The van der Waals surface area contributed by atoms with Crippen molar-refractivity contribution in [2.75, 3.05) is 12.4 Å². The van der Waals surface area contributed by atoms with E-state index in [0.717, 1.165) is 37.6 Å². The Bertz CT molecular complexity index is 1100. The van der Waals surface area contributed by atoms with E-state index in [4.69, 9.17) is 9.72 Å². The first-order chi connectivity index (χ1) is 13.1. The molecule has 4 aromatic rings. The summed E-state index contributed by atoms with van der Waals surface area (Å²) in [5.74, 6) is 2.95. The van der Waals surface area contributed by atoms with Crippen LogP contribution in [-0.2, 0) is 13.6 Å². The molecule has 0 saturated carbocycles. The lowest BCUT2D eigenvalue weighted by Gasteiger charge is -2.11. The average molecular weight is 474 g/mol. The Morgan fingerprint density at radius 2 is 2.00 bits per heavy atom. The van der Waals surface area contributed by atoms with Crippen molar-refractivity contribution in [1.82, 2.24) is 24.1 Å². The van der Waals surface area contributed by atoms with Gasteiger partial charge >= 0.3 is 0 Å². The van der Waals surface area contributed by atoms with Gasteiger partial charge in [-0.2, -0.15) is 0 Å². The molecule has 0 spiro atoms. The maximum atomic E-state index is 5.22. The minimum absolute atomic E-state index is 0.582. The third-order valence-corrected chi connectivity index (χ3v) is 5.55. The van der Waals surface area contributed by atoms with Crippen molar-refractivity contribution in [3.05, 3.63) is 57.6 Å². The predicted octanol–water partition coefficient (Wildman–Crippen LogP) is 3.66. The molecule has 0 aliphatic heterocycles. The van der Waals surface area contributed by atoms with E-state index in [9.17, 15) is 0 Å². The molecular formula is C19H19IN6O. The molecule has 1 aromatic carbocycles. The van der Waals surface area contributed by atoms with Gasteiger partial charge in [0.25, 0.3) is 0 Å². The van der Waals surface area contributed by atoms with Crippen molar-refractivity contribution in [3.63, 3.8) is 0 Å². The van der Waals surface area contributed by atoms with E-state index in [0.29, 0.717) is 12.4 Å². The zero-order valence-corrected chi connectivity index (χ0v) is 17.4. The maximum Gasteiger partial charge on any atom is 0.218 e. The summed E-state index contributed by atoms with van der Waals surface area (Å²) in [5.41, 5.74) is 3.27. The van der Waals surface area contributed by atoms with E-state index in [1.165, 1.54) is 0 Å². The number of fused-ring (bicyclic) bond motifs is 1. The summed E-state index contributed by atoms with van der Waals surface area (Å²) in [7, 11) is 3.60. The average Bonchev–Trinajstić information content (AvgIpc) is 3.23. The Labute approximate surface area is 170 Å². The molecule has 27 heavy (non-hydrogen) atoms. The Kier molecular flexibility index (Phi) is 4.73. The first-order valence-corrected chi connectivity index (χ1v) is 9.54. The van der Waals surface area contributed by atoms with E-state index in [1.54, 1.807) is 13.3 Å². The second-order valence-corrected chi connectivity index (χ2v) is 7.40. The number of methoxy groups -OCH3 is 1. The summed E-state index contributed by atoms with van der Waals surface area (Å²) < 4.78 is 10.2. The maximum absolute atomic E-state index is 5.22. The molecule has 0 fully saturated rings. The number of halogens is 1. The first kappa shape index (κ1) is 17.8. The standard InChI is InChI=1S/C19H19IN6O/c1-12-15(20)11-26-16(12)17(22-10-13-4-6-14(27-3)7-5-13)23-18(24-26)19-21-8-9-25(19)2/h4-9,11H,10H2,1-3H3,(H,22,23,24). The highest BCUT2D eigenvalue weighted by Crippen LogP contribution is 2.27. The number of nitrogens with zero attached hydrogens (tertiary/aromatic N) is 5. The minimum Gasteiger partial charge on any atom is -0.497 e. The Balaban J connectivity index is 1.74. The summed E-state index contributed by atoms with van der Waals surface area (Å²) in [6.45, 7) is 2.73. The number of hydrogen-bond acceptors (Lipinski definition) is 5. The van der Waals surface area contributed by atoms with Crippen molar-refractivity contribution in [1.29, 1.82) is 0 Å². The molecule has 0 atom stereocenters. The summed E-state index contributed by atoms with van der Waals surface area (Å²) in [4.78, 5) is 9.15. The number of rotatable bonds is 5. The van der Waals surface area contributed by atoms with Gasteiger partial charge in [-0.15, -0.1) is 5.10 Å². The van der Waals surface area contributed by atoms with Crippen LogP contribution in [0.3, 0.4) is 0 Å². The molecule has 0 bridgehead atoms. The first-order valence-electron chi connectivity index (χ1n) is 8.47. The fourth-order valence-corrected chi connectivity index (χ4v) is 3.45. The highest BCUT2D eigenvalue weighted by Gasteiger charge is 2.16. The monoisotopic (exact) mass is 474 g/mol. The number of ether oxygens (including phenoxy) is 1. The normalized spacial score (nSPS) is 11.1. The van der Waals surface area contributed by atoms with Crippen LogP contribution in [0, 0.1) is 10.5 Å². The molecule has 0 radical (unpaired) electrons. The third kappa shape index (κ3) is 3.36. The molecule has 0 amide bonds. The van der Waals surface area contributed by atoms with Gasteiger partial charge in [-0.05, 0) is 52.8 Å². The molecule has 1 N–H and O–H groups in total. The molecule has 0 unspecified atom stereocenters. The van der Waals surface area contributed by atoms with E-state index in [1.807, 2.05) is 52.8 Å². The van der Waals surface area contributed by atoms with Gasteiger partial charge < -0.3 is 14.6 Å². The Morgan fingerprint density at radius 3 is 2.67 bits per heavy atom. The third-order valence-electron chi connectivity index (χ3n) is 4.46. The number of aryl methyl sites for hydroxylation is 2. The number of aromatic nitrogens is 5. The Morgan fingerprint density at radius 1 is 1.22 bits per heavy atom. The quantitative estimate of drug-likeness (QED) is 0.448. The van der Waals surface area contributed by atoms with Crippen LogP contribution in [0.5, 0.6) is 5.75 Å². The lowest BCUT2D eigenvalue weighted by atomic mass is 10.2. The van der Waals surface area contributed by atoms with Gasteiger partial charge in [-0.3, -0.25) is 0 Å². The molecular weight excluding hydrogens is 455 g/mol. The Hall–Kier alpha value is -2.62. The van der Waals surface area contributed by atoms with Crippen LogP contribution in [0.2, 0.25) is 0 Å². The molecule has 138 valence electrons. The van der Waals surface area contributed by atoms with Gasteiger partial charge in [0, 0.05) is 35.8 Å². The largest absolute Gasteiger partial charge is 0.497 e. The zero-order chi connectivity index (χ0) is 19.0. The summed E-state index contributed by atoms with van der Waals surface area (Å²) in [5, 5.41) is 8.12. The number of benzene rings is 1. The van der Waals surface area contributed by atoms with Gasteiger partial charge in [0.2, 0.25) is 5.82 Å². The second-order valence-electron chi connectivity index (χ2n) is 6.24. The molecule has 7 nitrogen and oxygen atoms in total. The van der Waals surface area contributed by atoms with Crippen molar-refractivity contribution in [2.45, 2.75) is 13.5 Å². The summed E-state index contributed by atoms with van der Waals surface area (Å²) in [6.07, 6.45) is 5.65. The SMILES string of the molecule is COc1ccc(CNc2nc(-c3nccn3C)nn3cc(I)c(C)c23)cc1. The number of nitrogens with one attached hydrogen (secondary N) is 1.